The number of aliphatic hydroxyl groups excluding tert-OH is 1. The van der Waals surface area contributed by atoms with Crippen LogP contribution >= 0.6 is 0 Å². The number of hydrogen-bond acceptors (Lipinski definition) is 8. The smallest absolute Gasteiger partial charge is 0.315 e. The maximum atomic E-state index is 14.2. The molecule has 0 spiro atoms. The first-order valence-electron chi connectivity index (χ1n) is 17.9. The van der Waals surface area contributed by atoms with Crippen molar-refractivity contribution in [1.29, 1.82) is 0 Å². The molecule has 13 nitrogen and oxygen atoms in total. The van der Waals surface area contributed by atoms with Gasteiger partial charge in [0.25, 0.3) is 5.91 Å². The van der Waals surface area contributed by atoms with Crippen LogP contribution in [0.2, 0.25) is 0 Å². The minimum Gasteiger partial charge on any atom is -0.376 e. The SMILES string of the molecule is C=CCNC(=O)C(=O)C(CC1CCC1)NC(=O)[C@@H]1[C@@H](C(C)C)CCN1C(O)[C@@H](NC(=O)N[C@H](C[NH2+]CCN(C)[SH+]O)C(C)(C)C)C(C)(C)C. The molecule has 1 saturated carbocycles. The number of likely N-dealkylation sites (N-methyl/N-ethyl adjacent to an activating group) is 1. The van der Waals surface area contributed by atoms with Gasteiger partial charge >= 0.3 is 6.03 Å². The van der Waals surface area contributed by atoms with Crippen LogP contribution in [0.3, 0.4) is 0 Å². The number of carbonyl (C=O) groups is 4. The van der Waals surface area contributed by atoms with E-state index >= 15 is 0 Å². The molecule has 2 rings (SSSR count). The largest absolute Gasteiger partial charge is 0.376 e. The summed E-state index contributed by atoms with van der Waals surface area (Å²) < 4.78 is 11.0. The van der Waals surface area contributed by atoms with Gasteiger partial charge in [-0.05, 0) is 41.4 Å². The molecule has 2 fully saturated rings. The van der Waals surface area contributed by atoms with Crippen LogP contribution in [0.15, 0.2) is 12.7 Å². The molecule has 1 heterocycles. The Morgan fingerprint density at radius 2 is 1.69 bits per heavy atom. The summed E-state index contributed by atoms with van der Waals surface area (Å²) >= 11 is 0.217. The minimum absolute atomic E-state index is 0.106. The number of hydrogen-bond donors (Lipinski definition) is 7. The Morgan fingerprint density at radius 1 is 1.04 bits per heavy atom. The number of likely N-dealkylation sites (tertiary alicyclic amines) is 1. The van der Waals surface area contributed by atoms with Crippen molar-refractivity contribution < 1.29 is 34.2 Å². The van der Waals surface area contributed by atoms with Gasteiger partial charge in [0.05, 0.1) is 43.8 Å². The lowest BCUT2D eigenvalue weighted by atomic mass is 9.80. The van der Waals surface area contributed by atoms with Gasteiger partial charge in [0.2, 0.25) is 23.9 Å². The Balaban J connectivity index is 2.27. The molecule has 0 radical (unpaired) electrons. The minimum atomic E-state index is -1.20. The van der Waals surface area contributed by atoms with Gasteiger partial charge in [-0.15, -0.1) is 6.58 Å². The van der Waals surface area contributed by atoms with Crippen LogP contribution in [0, 0.1) is 28.6 Å². The Morgan fingerprint density at radius 3 is 2.20 bits per heavy atom. The highest BCUT2D eigenvalue weighted by Crippen LogP contribution is 2.36. The number of quaternary nitrogens is 1. The van der Waals surface area contributed by atoms with Gasteiger partial charge in [0.15, 0.2) is 0 Å². The summed E-state index contributed by atoms with van der Waals surface area (Å²) in [6, 6.07) is -3.06. The Hall–Kier alpha value is -2.23. The second-order valence-electron chi connectivity index (χ2n) is 16.4. The van der Waals surface area contributed by atoms with E-state index in [1.165, 1.54) is 6.08 Å². The standard InChI is InChI=1S/C35H65N7O6S/c1-11-16-37-31(45)28(43)25(20-23-13-12-14-23)38-30(44)27-24(22(2)3)15-18-42(27)32(46)29(35(7,8)9)40-33(47)39-26(34(4,5)6)21-36-17-19-41(10)49-48/h11,22-27,29,32,36,46,48H,1,12-21H2,2-10H3,(H,37,45)(H,38,44)(H2,39,40,47)/p+2/t24-,25?,26-,27+,29-,32?/m1/s1. The highest BCUT2D eigenvalue weighted by atomic mass is 32.2. The lowest BCUT2D eigenvalue weighted by Gasteiger charge is -2.42. The first kappa shape index (κ1) is 42.9. The summed E-state index contributed by atoms with van der Waals surface area (Å²) in [6.07, 6.45) is 4.31. The molecule has 4 amide bonds. The molecule has 49 heavy (non-hydrogen) atoms. The monoisotopic (exact) mass is 713 g/mol. The molecule has 6 atom stereocenters. The van der Waals surface area contributed by atoms with Crippen LogP contribution in [0.25, 0.3) is 0 Å². The molecule has 8 N–H and O–H groups in total. The number of urea groups is 1. The zero-order valence-corrected chi connectivity index (χ0v) is 32.3. The number of nitrogens with zero attached hydrogens (tertiary/aromatic N) is 2. The predicted octanol–water partition coefficient (Wildman–Crippen LogP) is 1.02. The fraction of sp³-hybridized carbons (Fsp3) is 0.829. The second kappa shape index (κ2) is 19.4. The molecule has 1 aliphatic heterocycles. The van der Waals surface area contributed by atoms with E-state index in [9.17, 15) is 28.8 Å². The molecule has 282 valence electrons. The molecule has 0 aromatic rings. The Kier molecular flexibility index (Phi) is 17.0. The van der Waals surface area contributed by atoms with Crippen LogP contribution in [0.1, 0.15) is 87.5 Å². The van der Waals surface area contributed by atoms with E-state index in [-0.39, 0.29) is 48.0 Å². The van der Waals surface area contributed by atoms with Crippen molar-refractivity contribution >= 4 is 35.9 Å². The second-order valence-corrected chi connectivity index (χ2v) is 17.3. The number of thiol groups is 1. The van der Waals surface area contributed by atoms with Crippen molar-refractivity contribution in [2.24, 2.45) is 28.6 Å². The van der Waals surface area contributed by atoms with Gasteiger partial charge in [-0.25, -0.2) is 4.79 Å². The predicted molar refractivity (Wildman–Crippen MR) is 195 cm³/mol. The number of ketones is 1. The van der Waals surface area contributed by atoms with Crippen molar-refractivity contribution in [2.45, 2.75) is 118 Å². The topological polar surface area (TPSA) is 180 Å². The van der Waals surface area contributed by atoms with Gasteiger partial charge in [-0.3, -0.25) is 19.3 Å². The van der Waals surface area contributed by atoms with Gasteiger partial charge < -0.3 is 31.7 Å². The summed E-state index contributed by atoms with van der Waals surface area (Å²) in [5, 5.41) is 25.8. The maximum Gasteiger partial charge on any atom is 0.315 e. The van der Waals surface area contributed by atoms with Crippen LogP contribution in [-0.2, 0) is 26.6 Å². The highest BCUT2D eigenvalue weighted by Gasteiger charge is 2.48. The van der Waals surface area contributed by atoms with Crippen LogP contribution < -0.4 is 26.6 Å². The number of nitrogens with one attached hydrogen (secondary N) is 4. The third-order valence-electron chi connectivity index (χ3n) is 10.1. The molecule has 0 aromatic carbocycles. The number of carbonyl (C=O) groups excluding carboxylic acids is 4. The van der Waals surface area contributed by atoms with Gasteiger partial charge in [-0.1, -0.05) is 85.0 Å². The van der Waals surface area contributed by atoms with E-state index in [1.807, 2.05) is 41.7 Å². The van der Waals surface area contributed by atoms with Crippen molar-refractivity contribution in [3.05, 3.63) is 12.7 Å². The molecule has 2 aliphatic rings. The summed E-state index contributed by atoms with van der Waals surface area (Å²) in [4.78, 5) is 55.4. The third kappa shape index (κ3) is 13.1. The van der Waals surface area contributed by atoms with Crippen molar-refractivity contribution in [3.8, 4) is 0 Å². The van der Waals surface area contributed by atoms with Gasteiger partial charge in [0, 0.05) is 20.1 Å². The lowest BCUT2D eigenvalue weighted by molar-refractivity contribution is -0.657. The van der Waals surface area contributed by atoms with Crippen molar-refractivity contribution in [2.75, 3.05) is 39.8 Å². The number of nitrogens with two attached hydrogens (primary N) is 1. The average molecular weight is 714 g/mol. The third-order valence-corrected chi connectivity index (χ3v) is 10.6. The molecule has 1 aliphatic carbocycles. The number of rotatable bonds is 19. The normalized spacial score (nSPS) is 21.4. The Labute approximate surface area is 298 Å². The zero-order chi connectivity index (χ0) is 37.1. The van der Waals surface area contributed by atoms with E-state index < -0.39 is 53.4 Å². The molecular formula is C35H67N7O6S+2. The van der Waals surface area contributed by atoms with E-state index in [0.29, 0.717) is 32.5 Å². The number of aliphatic hydroxyl groups is 1. The summed E-state index contributed by atoms with van der Waals surface area (Å²) in [5.74, 6) is -1.56. The zero-order valence-electron chi connectivity index (χ0n) is 31.4. The Bertz CT molecular complexity index is 1110. The maximum absolute atomic E-state index is 14.2. The van der Waals surface area contributed by atoms with E-state index in [4.69, 9.17) is 0 Å². The quantitative estimate of drug-likeness (QED) is 0.0341. The molecule has 14 heteroatoms. The van der Waals surface area contributed by atoms with E-state index in [0.717, 1.165) is 25.8 Å². The summed E-state index contributed by atoms with van der Waals surface area (Å²) in [5.41, 5.74) is -0.833. The van der Waals surface area contributed by atoms with Crippen LogP contribution in [0.4, 0.5) is 4.79 Å². The fourth-order valence-corrected chi connectivity index (χ4v) is 6.85. The molecule has 0 aromatic heterocycles. The van der Waals surface area contributed by atoms with E-state index in [2.05, 4.69) is 53.9 Å². The highest BCUT2D eigenvalue weighted by molar-refractivity contribution is 7.69. The lowest BCUT2D eigenvalue weighted by Crippen LogP contribution is -2.89. The molecule has 1 saturated heterocycles. The van der Waals surface area contributed by atoms with Gasteiger partial charge in [0.1, 0.15) is 6.23 Å². The van der Waals surface area contributed by atoms with Crippen LogP contribution in [-0.4, -0.2) is 113 Å². The molecule has 0 bridgehead atoms. The first-order valence-corrected chi connectivity index (χ1v) is 18.7. The number of amides is 4. The summed E-state index contributed by atoms with van der Waals surface area (Å²) in [7, 11) is 1.83. The van der Waals surface area contributed by atoms with E-state index in [1.54, 1.807) is 9.21 Å². The van der Waals surface area contributed by atoms with Crippen molar-refractivity contribution in [3.63, 3.8) is 0 Å². The molecular weight excluding hydrogens is 646 g/mol. The van der Waals surface area contributed by atoms with Crippen molar-refractivity contribution in [1.82, 2.24) is 30.5 Å². The average Bonchev–Trinajstić information content (AvgIpc) is 3.45. The van der Waals surface area contributed by atoms with Gasteiger partial charge in [-0.2, -0.15) is 4.55 Å². The number of Topliss-reactive ketones (excluding diaryl/α,β-unsaturated/α-hetero) is 1. The summed E-state index contributed by atoms with van der Waals surface area (Å²) in [6.45, 7) is 22.3. The fourth-order valence-electron chi connectivity index (χ4n) is 6.65. The first-order chi connectivity index (χ1) is 22.8. The van der Waals surface area contributed by atoms with Crippen LogP contribution in [0.5, 0.6) is 0 Å². The molecule has 2 unspecified atom stereocenters.